The molecule has 0 bridgehead atoms. The highest BCUT2D eigenvalue weighted by atomic mass is 16.5. The summed E-state index contributed by atoms with van der Waals surface area (Å²) in [6, 6.07) is 0. The first-order chi connectivity index (χ1) is 15.0. The third kappa shape index (κ3) is 2.35. The number of hydrogen-bond acceptors (Lipinski definition) is 3. The Labute approximate surface area is 196 Å². The average Bonchev–Trinajstić information content (AvgIpc) is 3.14. The van der Waals surface area contributed by atoms with Gasteiger partial charge in [-0.15, -0.1) is 0 Å². The second-order valence-electron chi connectivity index (χ2n) is 13.3. The molecule has 32 heavy (non-hydrogen) atoms. The number of hydrogen-bond donors (Lipinski definition) is 0. The molecule has 5 rings (SSSR count). The van der Waals surface area contributed by atoms with Gasteiger partial charge in [0.15, 0.2) is 0 Å². The Morgan fingerprint density at radius 2 is 1.72 bits per heavy atom. The van der Waals surface area contributed by atoms with Crippen LogP contribution in [0.3, 0.4) is 0 Å². The van der Waals surface area contributed by atoms with E-state index in [9.17, 15) is 4.79 Å². The number of ether oxygens (including phenoxy) is 2. The molecule has 0 N–H and O–H groups in total. The molecule has 4 saturated carbocycles. The Morgan fingerprint density at radius 1 is 1.00 bits per heavy atom. The van der Waals surface area contributed by atoms with Gasteiger partial charge in [0.25, 0.3) is 0 Å². The van der Waals surface area contributed by atoms with Gasteiger partial charge in [0, 0.05) is 18.9 Å². The molecule has 4 fully saturated rings. The molecular formula is C29H46O3. The quantitative estimate of drug-likeness (QED) is 0.349. The largest absolute Gasteiger partial charge is 0.469 e. The first kappa shape index (κ1) is 22.9. The lowest BCUT2D eigenvalue weighted by atomic mass is 9.48. The van der Waals surface area contributed by atoms with Gasteiger partial charge in [-0.25, -0.2) is 0 Å². The van der Waals surface area contributed by atoms with Gasteiger partial charge in [-0.2, -0.15) is 0 Å². The van der Waals surface area contributed by atoms with Crippen molar-refractivity contribution in [2.45, 2.75) is 105 Å². The monoisotopic (exact) mass is 442 g/mol. The number of carbonyl (C=O) groups is 1. The van der Waals surface area contributed by atoms with Gasteiger partial charge in [0.1, 0.15) is 0 Å². The van der Waals surface area contributed by atoms with Gasteiger partial charge in [-0.3, -0.25) is 4.79 Å². The van der Waals surface area contributed by atoms with E-state index in [1.165, 1.54) is 58.5 Å². The number of allylic oxidation sites excluding steroid dienone is 2. The van der Waals surface area contributed by atoms with E-state index < -0.39 is 0 Å². The van der Waals surface area contributed by atoms with Gasteiger partial charge >= 0.3 is 5.97 Å². The lowest BCUT2D eigenvalue weighted by molar-refractivity contribution is -0.143. The van der Waals surface area contributed by atoms with E-state index in [2.05, 4.69) is 41.5 Å². The SMILES string of the molecule is COC(=O)C[C@@H](C)[C@]1(C)CCC2=C3CC[C@H]4C(C)(C)[C@H](OC)CC[C@@]45[C@@H](C)[C@@]35CC[C@@]21C. The third-order valence-corrected chi connectivity index (χ3v) is 12.9. The van der Waals surface area contributed by atoms with Crippen molar-refractivity contribution >= 4 is 5.97 Å². The van der Waals surface area contributed by atoms with E-state index in [1.54, 1.807) is 0 Å². The van der Waals surface area contributed by atoms with Crippen molar-refractivity contribution in [3.63, 3.8) is 0 Å². The van der Waals surface area contributed by atoms with Gasteiger partial charge in [0.2, 0.25) is 0 Å². The molecule has 0 radical (unpaired) electrons. The normalized spacial score (nSPS) is 49.4. The molecular weight excluding hydrogens is 396 g/mol. The van der Waals surface area contributed by atoms with Gasteiger partial charge in [0.05, 0.1) is 13.2 Å². The maximum atomic E-state index is 12.1. The predicted molar refractivity (Wildman–Crippen MR) is 128 cm³/mol. The lowest BCUT2D eigenvalue weighted by Gasteiger charge is -2.57. The van der Waals surface area contributed by atoms with E-state index in [1.807, 2.05) is 18.3 Å². The second-order valence-corrected chi connectivity index (χ2v) is 13.3. The minimum absolute atomic E-state index is 0.0527. The molecule has 0 heterocycles. The number of methoxy groups -OCH3 is 2. The zero-order valence-corrected chi connectivity index (χ0v) is 21.9. The van der Waals surface area contributed by atoms with Crippen molar-refractivity contribution in [3.8, 4) is 0 Å². The maximum Gasteiger partial charge on any atom is 0.305 e. The Morgan fingerprint density at radius 3 is 2.38 bits per heavy atom. The Kier molecular flexibility index (Phi) is 4.92. The second kappa shape index (κ2) is 6.86. The standard InChI is InChI=1S/C29H46O3/c1-18(17-24(30)32-8)26(5)13-11-20-21-9-10-22-25(3,4)23(31-7)12-14-29(22)19(2)28(21,29)16-15-27(20,26)6/h18-19,22-23H,9-17H2,1-8H3/t18-,19+,22+,23-,26+,27+,28+,29-/m1/s1. The van der Waals surface area contributed by atoms with Crippen molar-refractivity contribution < 1.29 is 14.3 Å². The summed E-state index contributed by atoms with van der Waals surface area (Å²) in [6.07, 6.45) is 11.3. The van der Waals surface area contributed by atoms with Crippen molar-refractivity contribution in [1.82, 2.24) is 0 Å². The van der Waals surface area contributed by atoms with Crippen LogP contribution in [0.25, 0.3) is 0 Å². The molecule has 0 saturated heterocycles. The molecule has 3 heteroatoms. The molecule has 0 aromatic rings. The summed E-state index contributed by atoms with van der Waals surface area (Å²) in [6.45, 7) is 14.9. The number of rotatable bonds is 4. The van der Waals surface area contributed by atoms with Crippen LogP contribution in [0.15, 0.2) is 11.1 Å². The maximum absolute atomic E-state index is 12.1. The van der Waals surface area contributed by atoms with Crippen LogP contribution < -0.4 is 0 Å². The van der Waals surface area contributed by atoms with Crippen LogP contribution in [-0.2, 0) is 14.3 Å². The minimum Gasteiger partial charge on any atom is -0.469 e. The van der Waals surface area contributed by atoms with Crippen LogP contribution in [0.2, 0.25) is 0 Å². The summed E-state index contributed by atoms with van der Waals surface area (Å²) in [5, 5.41) is 0. The highest BCUT2D eigenvalue weighted by Gasteiger charge is 2.82. The van der Waals surface area contributed by atoms with Crippen molar-refractivity contribution in [3.05, 3.63) is 11.1 Å². The lowest BCUT2D eigenvalue weighted by Crippen LogP contribution is -2.51. The van der Waals surface area contributed by atoms with Crippen molar-refractivity contribution in [2.75, 3.05) is 14.2 Å². The Balaban J connectivity index is 1.54. The van der Waals surface area contributed by atoms with Gasteiger partial charge in [-0.05, 0) is 90.8 Å². The molecule has 5 aliphatic rings. The molecule has 3 nitrogen and oxygen atoms in total. The average molecular weight is 443 g/mol. The molecule has 180 valence electrons. The summed E-state index contributed by atoms with van der Waals surface area (Å²) >= 11 is 0. The van der Waals surface area contributed by atoms with Crippen LogP contribution in [0, 0.1) is 44.8 Å². The molecule has 2 spiro atoms. The summed E-state index contributed by atoms with van der Waals surface area (Å²) in [5.41, 5.74) is 5.34. The van der Waals surface area contributed by atoms with Gasteiger partial charge < -0.3 is 9.47 Å². The van der Waals surface area contributed by atoms with Crippen LogP contribution in [0.5, 0.6) is 0 Å². The smallest absolute Gasteiger partial charge is 0.305 e. The first-order valence-electron chi connectivity index (χ1n) is 13.3. The molecule has 0 aliphatic heterocycles. The topological polar surface area (TPSA) is 35.5 Å². The Bertz CT molecular complexity index is 856. The number of fused-ring (bicyclic) bond motifs is 1. The summed E-state index contributed by atoms with van der Waals surface area (Å²) < 4.78 is 11.1. The van der Waals surface area contributed by atoms with E-state index in [0.717, 1.165) is 11.8 Å². The highest BCUT2D eigenvalue weighted by Crippen LogP contribution is 2.89. The van der Waals surface area contributed by atoms with Crippen LogP contribution in [0.1, 0.15) is 99.3 Å². The summed E-state index contributed by atoms with van der Waals surface area (Å²) in [4.78, 5) is 12.1. The van der Waals surface area contributed by atoms with Gasteiger partial charge in [-0.1, -0.05) is 52.7 Å². The van der Waals surface area contributed by atoms with E-state index >= 15 is 0 Å². The zero-order valence-electron chi connectivity index (χ0n) is 21.9. The fourth-order valence-electron chi connectivity index (χ4n) is 10.8. The van der Waals surface area contributed by atoms with Crippen molar-refractivity contribution in [1.29, 1.82) is 0 Å². The molecule has 0 aromatic carbocycles. The molecule has 8 atom stereocenters. The molecule has 0 aromatic heterocycles. The van der Waals surface area contributed by atoms with E-state index in [0.29, 0.717) is 29.3 Å². The van der Waals surface area contributed by atoms with Crippen LogP contribution in [-0.4, -0.2) is 26.3 Å². The fourth-order valence-corrected chi connectivity index (χ4v) is 10.8. The number of carbonyl (C=O) groups excluding carboxylic acids is 1. The van der Waals surface area contributed by atoms with Crippen LogP contribution in [0.4, 0.5) is 0 Å². The minimum atomic E-state index is -0.0527. The third-order valence-electron chi connectivity index (χ3n) is 12.9. The molecule has 0 unspecified atom stereocenters. The molecule has 0 amide bonds. The molecule has 5 aliphatic carbocycles. The van der Waals surface area contributed by atoms with Crippen LogP contribution >= 0.6 is 0 Å². The van der Waals surface area contributed by atoms with E-state index in [-0.39, 0.29) is 22.2 Å². The highest BCUT2D eigenvalue weighted by molar-refractivity contribution is 5.69. The summed E-state index contributed by atoms with van der Waals surface area (Å²) in [7, 11) is 3.45. The first-order valence-corrected chi connectivity index (χ1v) is 13.3. The number of esters is 1. The summed E-state index contributed by atoms with van der Waals surface area (Å²) in [5.74, 6) is 1.89. The zero-order chi connectivity index (χ0) is 23.3. The predicted octanol–water partition coefficient (Wildman–Crippen LogP) is 6.95. The fraction of sp³-hybridized carbons (Fsp3) is 0.897. The Hall–Kier alpha value is -0.830. The van der Waals surface area contributed by atoms with Crippen molar-refractivity contribution in [2.24, 2.45) is 44.8 Å². The van der Waals surface area contributed by atoms with E-state index in [4.69, 9.17) is 9.47 Å².